The number of benzene rings is 1. The molecule has 2 saturated heterocycles. The zero-order valence-corrected chi connectivity index (χ0v) is 12.8. The highest BCUT2D eigenvalue weighted by atomic mass is 28.2. The van der Waals surface area contributed by atoms with E-state index in [1.165, 1.54) is 11.1 Å². The summed E-state index contributed by atoms with van der Waals surface area (Å²) in [6, 6.07) is 8.69. The molecule has 2 fully saturated rings. The smallest absolute Gasteiger partial charge is 0.146 e. The second-order valence-electron chi connectivity index (χ2n) is 5.25. The van der Waals surface area contributed by atoms with Crippen molar-refractivity contribution in [2.75, 3.05) is 26.4 Å². The molecule has 0 saturated carbocycles. The first kappa shape index (κ1) is 12.4. The fourth-order valence-electron chi connectivity index (χ4n) is 2.96. The Kier molecular flexibility index (Phi) is 3.79. The van der Waals surface area contributed by atoms with Crippen LogP contribution in [0, 0.1) is 11.8 Å². The lowest BCUT2D eigenvalue weighted by Crippen LogP contribution is -2.43. The van der Waals surface area contributed by atoms with Crippen LogP contribution in [0.5, 0.6) is 0 Å². The molecule has 2 heterocycles. The third kappa shape index (κ3) is 2.25. The van der Waals surface area contributed by atoms with Gasteiger partial charge in [0.1, 0.15) is 10.5 Å². The van der Waals surface area contributed by atoms with E-state index in [-0.39, 0.29) is 0 Å². The number of hydrogen-bond acceptors (Lipinski definition) is 3. The van der Waals surface area contributed by atoms with E-state index in [2.05, 4.69) is 24.3 Å². The predicted molar refractivity (Wildman–Crippen MR) is 72.5 cm³/mol. The zero-order chi connectivity index (χ0) is 12.4. The van der Waals surface area contributed by atoms with E-state index in [1.807, 2.05) is 0 Å². The van der Waals surface area contributed by atoms with Crippen molar-refractivity contribution in [1.29, 1.82) is 0 Å². The van der Waals surface area contributed by atoms with Gasteiger partial charge in [-0.3, -0.25) is 0 Å². The predicted octanol–water partition coefficient (Wildman–Crippen LogP) is 0.860. The maximum absolute atomic E-state index is 5.46. The Hall–Kier alpha value is -0.683. The highest BCUT2D eigenvalue weighted by Gasteiger charge is 2.39. The zero-order valence-electron chi connectivity index (χ0n) is 10.8. The Balaban J connectivity index is 1.88. The van der Waals surface area contributed by atoms with Crippen LogP contribution in [0.1, 0.15) is 17.0 Å². The van der Waals surface area contributed by atoms with Crippen molar-refractivity contribution < 1.29 is 13.9 Å². The average molecular weight is 264 g/mol. The van der Waals surface area contributed by atoms with Gasteiger partial charge in [0, 0.05) is 11.8 Å². The summed E-state index contributed by atoms with van der Waals surface area (Å²) in [5, 5.41) is 0. The lowest BCUT2D eigenvalue weighted by atomic mass is 9.73. The van der Waals surface area contributed by atoms with E-state index in [0.717, 1.165) is 43.5 Å². The molecule has 1 aromatic carbocycles. The summed E-state index contributed by atoms with van der Waals surface area (Å²) in [5.41, 5.74) is 2.80. The Morgan fingerprint density at radius 1 is 1.11 bits per heavy atom. The van der Waals surface area contributed by atoms with Gasteiger partial charge >= 0.3 is 0 Å². The third-order valence-corrected chi connectivity index (χ3v) is 4.35. The molecule has 2 aliphatic heterocycles. The lowest BCUT2D eigenvalue weighted by molar-refractivity contribution is -0.105. The number of ether oxygens (including phenoxy) is 2. The number of hydrogen-bond donors (Lipinski definition) is 0. The molecule has 18 heavy (non-hydrogen) atoms. The third-order valence-electron chi connectivity index (χ3n) is 4.06. The van der Waals surface area contributed by atoms with Gasteiger partial charge in [0.05, 0.1) is 33.0 Å². The molecule has 1 aromatic rings. The van der Waals surface area contributed by atoms with Crippen LogP contribution in [0.3, 0.4) is 0 Å². The van der Waals surface area contributed by atoms with Gasteiger partial charge in [-0.25, -0.2) is 0 Å². The highest BCUT2D eigenvalue weighted by molar-refractivity contribution is 5.97. The lowest BCUT2D eigenvalue weighted by Gasteiger charge is -2.43. The Labute approximate surface area is 111 Å². The van der Waals surface area contributed by atoms with E-state index >= 15 is 0 Å². The molecule has 98 valence electrons. The van der Waals surface area contributed by atoms with Gasteiger partial charge in [0.15, 0.2) is 0 Å². The molecule has 3 rings (SSSR count). The molecule has 0 atom stereocenters. The molecular formula is C14H20O3Si. The molecule has 3 nitrogen and oxygen atoms in total. The topological polar surface area (TPSA) is 27.7 Å². The summed E-state index contributed by atoms with van der Waals surface area (Å²) in [7, 11) is 0.791. The Morgan fingerprint density at radius 3 is 2.22 bits per heavy atom. The van der Waals surface area contributed by atoms with Crippen molar-refractivity contribution in [3.8, 4) is 0 Å². The largest absolute Gasteiger partial charge is 0.424 e. The summed E-state index contributed by atoms with van der Waals surface area (Å²) in [6.07, 6.45) is 0. The maximum atomic E-state index is 5.46. The van der Waals surface area contributed by atoms with Crippen molar-refractivity contribution in [2.45, 2.75) is 12.5 Å². The first-order valence-corrected chi connectivity index (χ1v) is 7.44. The van der Waals surface area contributed by atoms with Crippen LogP contribution in [0.25, 0.3) is 0 Å². The first-order valence-electron chi connectivity index (χ1n) is 6.62. The van der Waals surface area contributed by atoms with Crippen LogP contribution >= 0.6 is 0 Å². The van der Waals surface area contributed by atoms with Crippen molar-refractivity contribution in [2.24, 2.45) is 11.8 Å². The van der Waals surface area contributed by atoms with Crippen LogP contribution in [-0.4, -0.2) is 36.9 Å². The monoisotopic (exact) mass is 264 g/mol. The summed E-state index contributed by atoms with van der Waals surface area (Å²) < 4.78 is 16.2. The van der Waals surface area contributed by atoms with E-state index in [0.29, 0.717) is 17.8 Å². The van der Waals surface area contributed by atoms with Gasteiger partial charge in [0.25, 0.3) is 0 Å². The molecule has 0 radical (unpaired) electrons. The maximum Gasteiger partial charge on any atom is 0.146 e. The fraction of sp³-hybridized carbons (Fsp3) is 0.571. The summed E-state index contributed by atoms with van der Waals surface area (Å²) in [4.78, 5) is 0. The molecule has 0 spiro atoms. The van der Waals surface area contributed by atoms with E-state index in [1.54, 1.807) is 0 Å². The van der Waals surface area contributed by atoms with Gasteiger partial charge in [-0.05, 0) is 17.0 Å². The van der Waals surface area contributed by atoms with Gasteiger partial charge in [-0.15, -0.1) is 0 Å². The van der Waals surface area contributed by atoms with Crippen molar-refractivity contribution in [3.05, 3.63) is 35.4 Å². The second kappa shape index (κ2) is 5.53. The highest BCUT2D eigenvalue weighted by Crippen LogP contribution is 2.41. The van der Waals surface area contributed by atoms with E-state index in [4.69, 9.17) is 13.9 Å². The Morgan fingerprint density at radius 2 is 1.72 bits per heavy atom. The van der Waals surface area contributed by atoms with Gasteiger partial charge < -0.3 is 13.9 Å². The van der Waals surface area contributed by atoms with E-state index < -0.39 is 0 Å². The molecule has 0 bridgehead atoms. The van der Waals surface area contributed by atoms with Gasteiger partial charge in [0.2, 0.25) is 0 Å². The molecule has 4 heteroatoms. The van der Waals surface area contributed by atoms with Crippen LogP contribution < -0.4 is 0 Å². The van der Waals surface area contributed by atoms with Crippen molar-refractivity contribution >= 4 is 10.5 Å². The normalized spacial score (nSPS) is 20.9. The minimum Gasteiger partial charge on any atom is -0.424 e. The van der Waals surface area contributed by atoms with Crippen molar-refractivity contribution in [1.82, 2.24) is 0 Å². The molecule has 0 amide bonds. The molecule has 0 N–H and O–H groups in total. The molecule has 0 aliphatic carbocycles. The van der Waals surface area contributed by atoms with Gasteiger partial charge in [-0.1, -0.05) is 24.3 Å². The number of rotatable bonds is 5. The fourth-order valence-corrected chi connectivity index (χ4v) is 3.27. The first-order chi connectivity index (χ1) is 8.90. The summed E-state index contributed by atoms with van der Waals surface area (Å²) in [5.74, 6) is 1.91. The molecule has 0 aromatic heterocycles. The van der Waals surface area contributed by atoms with E-state index in [9.17, 15) is 0 Å². The van der Waals surface area contributed by atoms with Crippen LogP contribution in [0.15, 0.2) is 24.3 Å². The minimum atomic E-state index is 0.584. The molecule has 2 aliphatic rings. The molecule has 0 unspecified atom stereocenters. The summed E-state index contributed by atoms with van der Waals surface area (Å²) in [6.45, 7) is 4.35. The standard InChI is InChI=1S/C14H20O3Si/c18-17-9-10-3-1-2-4-13(10)14(11-5-15-6-11)12-7-16-8-12/h1-4,11-12,14H,5-9H2,18H3. The SMILES string of the molecule is [SiH3]OCc1ccccc1C(C1COC1)C1COC1. The van der Waals surface area contributed by atoms with Crippen LogP contribution in [-0.2, 0) is 20.5 Å². The van der Waals surface area contributed by atoms with Crippen LogP contribution in [0.2, 0.25) is 0 Å². The van der Waals surface area contributed by atoms with Gasteiger partial charge in [-0.2, -0.15) is 0 Å². The van der Waals surface area contributed by atoms with Crippen molar-refractivity contribution in [3.63, 3.8) is 0 Å². The van der Waals surface area contributed by atoms with Crippen LogP contribution in [0.4, 0.5) is 0 Å². The molecular weight excluding hydrogens is 244 g/mol. The Bertz CT molecular complexity index is 388. The second-order valence-corrected chi connectivity index (χ2v) is 5.83. The quantitative estimate of drug-likeness (QED) is 0.738. The minimum absolute atomic E-state index is 0.584. The summed E-state index contributed by atoms with van der Waals surface area (Å²) >= 11 is 0. The average Bonchev–Trinajstić information content (AvgIpc) is 2.25.